The normalized spacial score (nSPS) is 11.2. The highest BCUT2D eigenvalue weighted by Crippen LogP contribution is 2.46. The van der Waals surface area contributed by atoms with E-state index in [0.29, 0.717) is 0 Å². The third kappa shape index (κ3) is 6.94. The highest BCUT2D eigenvalue weighted by atomic mass is 16.3. The van der Waals surface area contributed by atoms with Gasteiger partial charge in [-0.2, -0.15) is 0 Å². The molecule has 0 fully saturated rings. The number of fused-ring (bicyclic) bond motifs is 3. The first kappa shape index (κ1) is 36.8. The monoisotopic (exact) mass is 791 g/mol. The van der Waals surface area contributed by atoms with Gasteiger partial charge >= 0.3 is 0 Å². The van der Waals surface area contributed by atoms with Crippen molar-refractivity contribution in [2.45, 2.75) is 0 Å². The summed E-state index contributed by atoms with van der Waals surface area (Å²) in [5.41, 5.74) is 19.1. The van der Waals surface area contributed by atoms with Crippen molar-refractivity contribution in [1.82, 2.24) is 0 Å². The van der Waals surface area contributed by atoms with Gasteiger partial charge in [-0.15, -0.1) is 0 Å². The molecule has 62 heavy (non-hydrogen) atoms. The Balaban J connectivity index is 1.05. The highest BCUT2D eigenvalue weighted by molar-refractivity contribution is 6.07. The molecule has 0 radical (unpaired) electrons. The van der Waals surface area contributed by atoms with Crippen LogP contribution < -0.4 is 4.90 Å². The van der Waals surface area contributed by atoms with Crippen molar-refractivity contribution in [3.05, 3.63) is 249 Å². The van der Waals surface area contributed by atoms with Gasteiger partial charge in [-0.1, -0.05) is 194 Å². The third-order valence-electron chi connectivity index (χ3n) is 11.9. The van der Waals surface area contributed by atoms with Crippen LogP contribution in [0.15, 0.2) is 253 Å². The lowest BCUT2D eigenvalue weighted by atomic mass is 9.90. The van der Waals surface area contributed by atoms with Crippen LogP contribution in [0.25, 0.3) is 88.7 Å². The molecule has 0 saturated heterocycles. The van der Waals surface area contributed by atoms with Gasteiger partial charge in [-0.05, 0) is 110 Å². The van der Waals surface area contributed by atoms with Crippen LogP contribution in [0.5, 0.6) is 0 Å². The number of para-hydroxylation sites is 2. The first-order chi connectivity index (χ1) is 30.7. The Morgan fingerprint density at radius 3 is 1.40 bits per heavy atom. The summed E-state index contributed by atoms with van der Waals surface area (Å²) < 4.78 is 6.20. The summed E-state index contributed by atoms with van der Waals surface area (Å²) in [6.45, 7) is 0. The fourth-order valence-electron chi connectivity index (χ4n) is 8.86. The number of nitrogens with zero attached hydrogens (tertiary/aromatic N) is 1. The van der Waals surface area contributed by atoms with E-state index in [1.54, 1.807) is 0 Å². The fourth-order valence-corrected chi connectivity index (χ4v) is 8.86. The quantitative estimate of drug-likeness (QED) is 0.145. The minimum atomic E-state index is 0.899. The average Bonchev–Trinajstić information content (AvgIpc) is 3.73. The molecule has 0 atom stereocenters. The third-order valence-corrected chi connectivity index (χ3v) is 11.9. The SMILES string of the molecule is c1ccc(-c2ccc(N(c3ccc(-c4ccc(-c5ccc6oc7ccccc7c6c5)c(-c5ccccc5)c4)cc3)c3ccccc3-c3ccccc3)c(-c3ccccc3)c2)cc1. The summed E-state index contributed by atoms with van der Waals surface area (Å²) in [6, 6.07) is 89.2. The first-order valence-electron chi connectivity index (χ1n) is 21.2. The van der Waals surface area contributed by atoms with E-state index in [1.807, 2.05) is 12.1 Å². The summed E-state index contributed by atoms with van der Waals surface area (Å²) in [5.74, 6) is 0. The Labute approximate surface area is 362 Å². The second-order valence-corrected chi connectivity index (χ2v) is 15.7. The van der Waals surface area contributed by atoms with Crippen LogP contribution >= 0.6 is 0 Å². The largest absolute Gasteiger partial charge is 0.456 e. The molecule has 0 saturated carbocycles. The summed E-state index contributed by atoms with van der Waals surface area (Å²) in [4.78, 5) is 2.43. The Kier molecular flexibility index (Phi) is 9.57. The van der Waals surface area contributed by atoms with Gasteiger partial charge in [-0.25, -0.2) is 0 Å². The van der Waals surface area contributed by atoms with Crippen LogP contribution in [0, 0.1) is 0 Å². The number of hydrogen-bond donors (Lipinski definition) is 0. The molecule has 11 rings (SSSR count). The van der Waals surface area contributed by atoms with E-state index < -0.39 is 0 Å². The van der Waals surface area contributed by atoms with Crippen molar-refractivity contribution in [2.75, 3.05) is 4.90 Å². The molecule has 0 amide bonds. The lowest BCUT2D eigenvalue weighted by molar-refractivity contribution is 0.669. The molecule has 2 nitrogen and oxygen atoms in total. The number of anilines is 3. The van der Waals surface area contributed by atoms with Gasteiger partial charge in [0.2, 0.25) is 0 Å². The van der Waals surface area contributed by atoms with E-state index in [2.05, 4.69) is 241 Å². The average molecular weight is 792 g/mol. The molecular formula is C60H41NO. The molecule has 0 bridgehead atoms. The maximum Gasteiger partial charge on any atom is 0.135 e. The van der Waals surface area contributed by atoms with Crippen molar-refractivity contribution in [1.29, 1.82) is 0 Å². The Hall–Kier alpha value is -8.20. The molecule has 0 N–H and O–H groups in total. The van der Waals surface area contributed by atoms with Gasteiger partial charge < -0.3 is 9.32 Å². The Morgan fingerprint density at radius 2 is 0.710 bits per heavy atom. The van der Waals surface area contributed by atoms with Gasteiger partial charge in [0.15, 0.2) is 0 Å². The second-order valence-electron chi connectivity index (χ2n) is 15.7. The topological polar surface area (TPSA) is 16.4 Å². The van der Waals surface area contributed by atoms with E-state index in [1.165, 1.54) is 33.4 Å². The lowest BCUT2D eigenvalue weighted by Gasteiger charge is -2.30. The van der Waals surface area contributed by atoms with Crippen LogP contribution in [0.3, 0.4) is 0 Å². The fraction of sp³-hybridized carbons (Fsp3) is 0. The van der Waals surface area contributed by atoms with E-state index in [0.717, 1.165) is 72.4 Å². The molecule has 0 aliphatic heterocycles. The van der Waals surface area contributed by atoms with Crippen molar-refractivity contribution in [2.24, 2.45) is 0 Å². The van der Waals surface area contributed by atoms with Crippen LogP contribution in [0.4, 0.5) is 17.1 Å². The number of furan rings is 1. The van der Waals surface area contributed by atoms with Crippen molar-refractivity contribution < 1.29 is 4.42 Å². The van der Waals surface area contributed by atoms with Gasteiger partial charge in [0.1, 0.15) is 11.2 Å². The minimum Gasteiger partial charge on any atom is -0.456 e. The predicted molar refractivity (Wildman–Crippen MR) is 261 cm³/mol. The molecule has 2 heteroatoms. The zero-order chi connectivity index (χ0) is 41.2. The van der Waals surface area contributed by atoms with E-state index in [-0.39, 0.29) is 0 Å². The van der Waals surface area contributed by atoms with Crippen LogP contribution in [-0.4, -0.2) is 0 Å². The molecule has 0 aliphatic rings. The molecule has 0 spiro atoms. The summed E-state index contributed by atoms with van der Waals surface area (Å²) >= 11 is 0. The number of rotatable bonds is 9. The molecule has 0 unspecified atom stereocenters. The summed E-state index contributed by atoms with van der Waals surface area (Å²) in [6.07, 6.45) is 0. The highest BCUT2D eigenvalue weighted by Gasteiger charge is 2.22. The molecule has 0 aliphatic carbocycles. The van der Waals surface area contributed by atoms with Crippen LogP contribution in [-0.2, 0) is 0 Å². The van der Waals surface area contributed by atoms with E-state index in [9.17, 15) is 0 Å². The Bertz CT molecular complexity index is 3320. The predicted octanol–water partition coefficient (Wildman–Crippen LogP) is 17.1. The lowest BCUT2D eigenvalue weighted by Crippen LogP contribution is -2.12. The van der Waals surface area contributed by atoms with Gasteiger partial charge in [0.25, 0.3) is 0 Å². The van der Waals surface area contributed by atoms with Crippen LogP contribution in [0.2, 0.25) is 0 Å². The molecule has 10 aromatic carbocycles. The van der Waals surface area contributed by atoms with Gasteiger partial charge in [0.05, 0.1) is 11.4 Å². The maximum atomic E-state index is 6.20. The maximum absolute atomic E-state index is 6.20. The van der Waals surface area contributed by atoms with Crippen molar-refractivity contribution >= 4 is 39.0 Å². The van der Waals surface area contributed by atoms with Gasteiger partial charge in [0, 0.05) is 27.6 Å². The standard InChI is InChI=1S/C60H41NO/c1-5-17-42(18-6-1)48-32-37-58(55(40-48)46-23-11-4-12-24-46)61(57-27-15-13-25-52(57)44-19-7-2-8-20-44)50-34-29-43(30-35-50)47-31-36-51(54(39-47)45-21-9-3-10-22-45)49-33-38-60-56(41-49)53-26-14-16-28-59(53)62-60/h1-41H. The van der Waals surface area contributed by atoms with E-state index >= 15 is 0 Å². The molecule has 11 aromatic rings. The summed E-state index contributed by atoms with van der Waals surface area (Å²) in [7, 11) is 0. The van der Waals surface area contributed by atoms with E-state index in [4.69, 9.17) is 4.42 Å². The van der Waals surface area contributed by atoms with Crippen molar-refractivity contribution in [3.63, 3.8) is 0 Å². The second kappa shape index (κ2) is 16.1. The molecular weight excluding hydrogens is 751 g/mol. The minimum absolute atomic E-state index is 0.899. The number of hydrogen-bond acceptors (Lipinski definition) is 2. The van der Waals surface area contributed by atoms with Crippen LogP contribution in [0.1, 0.15) is 0 Å². The number of benzene rings is 10. The first-order valence-corrected chi connectivity index (χ1v) is 21.2. The van der Waals surface area contributed by atoms with Gasteiger partial charge in [-0.3, -0.25) is 0 Å². The smallest absolute Gasteiger partial charge is 0.135 e. The zero-order valence-corrected chi connectivity index (χ0v) is 34.0. The molecule has 1 heterocycles. The zero-order valence-electron chi connectivity index (χ0n) is 34.0. The molecule has 292 valence electrons. The Morgan fingerprint density at radius 1 is 0.242 bits per heavy atom. The summed E-state index contributed by atoms with van der Waals surface area (Å²) in [5, 5.41) is 2.26. The molecule has 1 aromatic heterocycles. The van der Waals surface area contributed by atoms with Crippen molar-refractivity contribution in [3.8, 4) is 66.8 Å².